The molecule has 0 atom stereocenters. The SMILES string of the molecule is Cc1nn(-c2ccc(F)cc2)c(C)c1CC(=O)NC1CCCCCCC1. The summed E-state index contributed by atoms with van der Waals surface area (Å²) in [7, 11) is 0. The topological polar surface area (TPSA) is 46.9 Å². The highest BCUT2D eigenvalue weighted by molar-refractivity contribution is 5.79. The zero-order valence-electron chi connectivity index (χ0n) is 15.7. The second-order valence-electron chi connectivity index (χ2n) is 7.32. The average molecular weight is 357 g/mol. The van der Waals surface area contributed by atoms with Crippen molar-refractivity contribution in [2.75, 3.05) is 0 Å². The molecule has 1 aromatic heterocycles. The molecule has 1 heterocycles. The first-order chi connectivity index (χ1) is 12.5. The predicted molar refractivity (Wildman–Crippen MR) is 101 cm³/mol. The third-order valence-electron chi connectivity index (χ3n) is 5.32. The molecule has 0 unspecified atom stereocenters. The fraction of sp³-hybridized carbons (Fsp3) is 0.524. The van der Waals surface area contributed by atoms with Crippen LogP contribution in [0.1, 0.15) is 61.9 Å². The van der Waals surface area contributed by atoms with Crippen LogP contribution in [0.3, 0.4) is 0 Å². The Balaban J connectivity index is 1.69. The lowest BCUT2D eigenvalue weighted by Crippen LogP contribution is -2.36. The van der Waals surface area contributed by atoms with Crippen LogP contribution < -0.4 is 5.32 Å². The van der Waals surface area contributed by atoms with Crippen molar-refractivity contribution in [2.24, 2.45) is 0 Å². The fourth-order valence-corrected chi connectivity index (χ4v) is 3.80. The molecular formula is C21H28FN3O. The molecule has 26 heavy (non-hydrogen) atoms. The summed E-state index contributed by atoms with van der Waals surface area (Å²) >= 11 is 0. The molecule has 1 amide bonds. The van der Waals surface area contributed by atoms with Crippen molar-refractivity contribution >= 4 is 5.91 Å². The highest BCUT2D eigenvalue weighted by Crippen LogP contribution is 2.20. The first-order valence-electron chi connectivity index (χ1n) is 9.65. The number of rotatable bonds is 4. The van der Waals surface area contributed by atoms with E-state index in [1.54, 1.807) is 16.8 Å². The number of aromatic nitrogens is 2. The van der Waals surface area contributed by atoms with Gasteiger partial charge in [-0.15, -0.1) is 0 Å². The number of halogens is 1. The van der Waals surface area contributed by atoms with Crippen LogP contribution in [-0.4, -0.2) is 21.7 Å². The number of nitrogens with one attached hydrogen (secondary N) is 1. The van der Waals surface area contributed by atoms with E-state index in [4.69, 9.17) is 0 Å². The van der Waals surface area contributed by atoms with Gasteiger partial charge in [0.05, 0.1) is 17.8 Å². The average Bonchev–Trinajstić information content (AvgIpc) is 2.86. The van der Waals surface area contributed by atoms with Gasteiger partial charge in [-0.3, -0.25) is 4.79 Å². The summed E-state index contributed by atoms with van der Waals surface area (Å²) in [6, 6.07) is 6.55. The number of carbonyl (C=O) groups excluding carboxylic acids is 1. The normalized spacial score (nSPS) is 16.1. The maximum atomic E-state index is 13.2. The molecule has 2 aromatic rings. The minimum absolute atomic E-state index is 0.0698. The Bertz CT molecular complexity index is 743. The highest BCUT2D eigenvalue weighted by Gasteiger charge is 2.19. The maximum Gasteiger partial charge on any atom is 0.224 e. The van der Waals surface area contributed by atoms with Gasteiger partial charge in [0.25, 0.3) is 0 Å². The minimum Gasteiger partial charge on any atom is -0.353 e. The molecule has 0 radical (unpaired) electrons. The van der Waals surface area contributed by atoms with Crippen molar-refractivity contribution in [1.82, 2.24) is 15.1 Å². The molecule has 1 saturated carbocycles. The Kier molecular flexibility index (Phi) is 6.07. The van der Waals surface area contributed by atoms with Crippen LogP contribution in [0.4, 0.5) is 4.39 Å². The van der Waals surface area contributed by atoms with Crippen LogP contribution in [0.2, 0.25) is 0 Å². The van der Waals surface area contributed by atoms with E-state index in [2.05, 4.69) is 10.4 Å². The quantitative estimate of drug-likeness (QED) is 0.881. The van der Waals surface area contributed by atoms with Gasteiger partial charge in [0, 0.05) is 17.3 Å². The molecule has 0 bridgehead atoms. The van der Waals surface area contributed by atoms with Gasteiger partial charge < -0.3 is 5.32 Å². The second kappa shape index (κ2) is 8.47. The molecule has 5 heteroatoms. The standard InChI is InChI=1S/C21H28FN3O/c1-15-20(14-21(26)23-18-8-6-4-3-5-7-9-18)16(2)25(24-15)19-12-10-17(22)11-13-19/h10-13,18H,3-9,14H2,1-2H3,(H,23,26). The first kappa shape index (κ1) is 18.6. The van der Waals surface area contributed by atoms with Crippen molar-refractivity contribution in [3.05, 3.63) is 47.0 Å². The second-order valence-corrected chi connectivity index (χ2v) is 7.32. The summed E-state index contributed by atoms with van der Waals surface area (Å²) in [4.78, 5) is 12.6. The number of amides is 1. The van der Waals surface area contributed by atoms with Crippen LogP contribution in [0, 0.1) is 19.7 Å². The number of hydrogen-bond donors (Lipinski definition) is 1. The molecule has 1 aliphatic rings. The Morgan fingerprint density at radius 2 is 1.73 bits per heavy atom. The number of aryl methyl sites for hydroxylation is 1. The summed E-state index contributed by atoms with van der Waals surface area (Å²) < 4.78 is 14.9. The summed E-state index contributed by atoms with van der Waals surface area (Å²) in [6.07, 6.45) is 8.77. The van der Waals surface area contributed by atoms with E-state index in [1.165, 1.54) is 44.2 Å². The van der Waals surface area contributed by atoms with E-state index in [9.17, 15) is 9.18 Å². The van der Waals surface area contributed by atoms with Crippen LogP contribution in [0.5, 0.6) is 0 Å². The van der Waals surface area contributed by atoms with Crippen molar-refractivity contribution in [1.29, 1.82) is 0 Å². The van der Waals surface area contributed by atoms with E-state index in [0.717, 1.165) is 35.5 Å². The largest absolute Gasteiger partial charge is 0.353 e. The zero-order valence-corrected chi connectivity index (χ0v) is 15.7. The molecule has 4 nitrogen and oxygen atoms in total. The van der Waals surface area contributed by atoms with Gasteiger partial charge in [0.15, 0.2) is 0 Å². The lowest BCUT2D eigenvalue weighted by molar-refractivity contribution is -0.121. The molecule has 3 rings (SSSR count). The van der Waals surface area contributed by atoms with Crippen LogP contribution >= 0.6 is 0 Å². The van der Waals surface area contributed by atoms with E-state index in [1.807, 2.05) is 13.8 Å². The Labute approximate surface area is 154 Å². The smallest absolute Gasteiger partial charge is 0.224 e. The first-order valence-corrected chi connectivity index (χ1v) is 9.65. The number of benzene rings is 1. The van der Waals surface area contributed by atoms with Crippen molar-refractivity contribution in [2.45, 2.75) is 71.3 Å². The summed E-state index contributed by atoms with van der Waals surface area (Å²) in [5.74, 6) is -0.200. The molecule has 1 aliphatic carbocycles. The molecule has 0 saturated heterocycles. The van der Waals surface area contributed by atoms with Crippen molar-refractivity contribution in [3.63, 3.8) is 0 Å². The lowest BCUT2D eigenvalue weighted by Gasteiger charge is -2.21. The zero-order chi connectivity index (χ0) is 18.5. The predicted octanol–water partition coefficient (Wildman–Crippen LogP) is 4.40. The van der Waals surface area contributed by atoms with Gasteiger partial charge in [-0.2, -0.15) is 5.10 Å². The molecule has 0 aliphatic heterocycles. The molecule has 1 N–H and O–H groups in total. The van der Waals surface area contributed by atoms with Gasteiger partial charge in [0.2, 0.25) is 5.91 Å². The maximum absolute atomic E-state index is 13.2. The Morgan fingerprint density at radius 3 is 2.38 bits per heavy atom. The van der Waals surface area contributed by atoms with Gasteiger partial charge in [-0.05, 0) is 51.0 Å². The lowest BCUT2D eigenvalue weighted by atomic mass is 9.96. The van der Waals surface area contributed by atoms with E-state index in [-0.39, 0.29) is 11.7 Å². The molecular weight excluding hydrogens is 329 g/mol. The Morgan fingerprint density at radius 1 is 1.12 bits per heavy atom. The van der Waals surface area contributed by atoms with Crippen molar-refractivity contribution in [3.8, 4) is 5.69 Å². The molecule has 140 valence electrons. The highest BCUT2D eigenvalue weighted by atomic mass is 19.1. The van der Waals surface area contributed by atoms with E-state index >= 15 is 0 Å². The monoisotopic (exact) mass is 357 g/mol. The number of nitrogens with zero attached hydrogens (tertiary/aromatic N) is 2. The number of hydrogen-bond acceptors (Lipinski definition) is 2. The van der Waals surface area contributed by atoms with Gasteiger partial charge in [-0.1, -0.05) is 32.1 Å². The third-order valence-corrected chi connectivity index (χ3v) is 5.32. The van der Waals surface area contributed by atoms with Crippen LogP contribution in [0.15, 0.2) is 24.3 Å². The molecule has 0 spiro atoms. The van der Waals surface area contributed by atoms with Crippen LogP contribution in [-0.2, 0) is 11.2 Å². The van der Waals surface area contributed by atoms with Gasteiger partial charge in [0.1, 0.15) is 5.82 Å². The van der Waals surface area contributed by atoms with Gasteiger partial charge >= 0.3 is 0 Å². The van der Waals surface area contributed by atoms with Crippen LogP contribution in [0.25, 0.3) is 5.69 Å². The fourth-order valence-electron chi connectivity index (χ4n) is 3.80. The number of carbonyl (C=O) groups is 1. The molecule has 1 aromatic carbocycles. The molecule has 1 fully saturated rings. The van der Waals surface area contributed by atoms with E-state index < -0.39 is 0 Å². The summed E-state index contributed by atoms with van der Waals surface area (Å²) in [5.41, 5.74) is 3.54. The Hall–Kier alpha value is -2.17. The summed E-state index contributed by atoms with van der Waals surface area (Å²) in [5, 5.41) is 7.77. The van der Waals surface area contributed by atoms with Gasteiger partial charge in [-0.25, -0.2) is 9.07 Å². The third kappa shape index (κ3) is 4.51. The van der Waals surface area contributed by atoms with Crippen molar-refractivity contribution < 1.29 is 9.18 Å². The van der Waals surface area contributed by atoms with E-state index in [0.29, 0.717) is 12.5 Å². The summed E-state index contributed by atoms with van der Waals surface area (Å²) in [6.45, 7) is 3.88. The minimum atomic E-state index is -0.269.